The fraction of sp³-hybridized carbons (Fsp3) is 0.857. The molecule has 2 fully saturated rings. The van der Waals surface area contributed by atoms with Crippen molar-refractivity contribution in [2.75, 3.05) is 0 Å². The van der Waals surface area contributed by atoms with Crippen molar-refractivity contribution in [1.29, 1.82) is 0 Å². The molecule has 0 unspecified atom stereocenters. The maximum atomic E-state index is 13.9. The van der Waals surface area contributed by atoms with Crippen molar-refractivity contribution < 1.29 is 13.2 Å². The second-order valence-corrected chi connectivity index (χ2v) is 8.21. The molecule has 2 aliphatic rings. The lowest BCUT2D eigenvalue weighted by molar-refractivity contribution is 0.390. The minimum Gasteiger partial charge on any atom is -0.201 e. The molecular weight excluding hydrogens is 256 g/mol. The van der Waals surface area contributed by atoms with Crippen molar-refractivity contribution in [2.45, 2.75) is 75.5 Å². The van der Waals surface area contributed by atoms with Gasteiger partial charge in [-0.1, -0.05) is 38.5 Å². The van der Waals surface area contributed by atoms with Gasteiger partial charge in [0.1, 0.15) is 0 Å². The van der Waals surface area contributed by atoms with Crippen molar-refractivity contribution in [2.24, 2.45) is 0 Å². The third kappa shape index (κ3) is 3.50. The van der Waals surface area contributed by atoms with Gasteiger partial charge >= 0.3 is 6.08 Å². The summed E-state index contributed by atoms with van der Waals surface area (Å²) in [6.07, 6.45) is 8.56. The van der Waals surface area contributed by atoms with Crippen molar-refractivity contribution in [3.8, 4) is 0 Å². The Morgan fingerprint density at radius 2 is 1.06 bits per heavy atom. The van der Waals surface area contributed by atoms with Crippen LogP contribution >= 0.6 is 7.92 Å². The number of hydrogen-bond donors (Lipinski definition) is 0. The van der Waals surface area contributed by atoms with Crippen LogP contribution in [0.15, 0.2) is 11.6 Å². The van der Waals surface area contributed by atoms with E-state index in [1.807, 2.05) is 0 Å². The molecule has 0 heterocycles. The monoisotopic (exact) mass is 278 g/mol. The molecule has 0 saturated heterocycles. The highest BCUT2D eigenvalue weighted by Crippen LogP contribution is 2.62. The Bertz CT molecular complexity index is 269. The van der Waals surface area contributed by atoms with Crippen LogP contribution in [-0.4, -0.2) is 11.3 Å². The molecule has 2 aliphatic carbocycles. The summed E-state index contributed by atoms with van der Waals surface area (Å²) in [4.78, 5) is 0. The van der Waals surface area contributed by atoms with E-state index >= 15 is 0 Å². The summed E-state index contributed by atoms with van der Waals surface area (Å²) in [6.45, 7) is 0. The number of halogens is 3. The molecule has 104 valence electrons. The standard InChI is InChI=1S/C14H22F3P/c15-13(16)14(17)18(11-7-3-1-4-8-11)12-9-5-2-6-10-12/h11-12H,1-10H2. The van der Waals surface area contributed by atoms with Gasteiger partial charge in [0, 0.05) is 0 Å². The fourth-order valence-corrected chi connectivity index (χ4v) is 6.71. The topological polar surface area (TPSA) is 0 Å². The Kier molecular flexibility index (Phi) is 5.54. The zero-order valence-corrected chi connectivity index (χ0v) is 11.7. The number of rotatable bonds is 3. The molecular formula is C14H22F3P. The summed E-state index contributed by atoms with van der Waals surface area (Å²) in [5.41, 5.74) is -0.583. The van der Waals surface area contributed by atoms with E-state index in [1.54, 1.807) is 0 Å². The van der Waals surface area contributed by atoms with E-state index in [2.05, 4.69) is 0 Å². The van der Waals surface area contributed by atoms with Gasteiger partial charge in [0.05, 0.1) is 0 Å². The van der Waals surface area contributed by atoms with E-state index in [-0.39, 0.29) is 11.3 Å². The molecule has 0 aromatic carbocycles. The predicted octanol–water partition coefficient (Wildman–Crippen LogP) is 6.17. The third-order valence-electron chi connectivity index (χ3n) is 4.32. The quantitative estimate of drug-likeness (QED) is 0.541. The predicted molar refractivity (Wildman–Crippen MR) is 71.0 cm³/mol. The van der Waals surface area contributed by atoms with Crippen molar-refractivity contribution in [3.05, 3.63) is 11.6 Å². The largest absolute Gasteiger partial charge is 0.305 e. The summed E-state index contributed by atoms with van der Waals surface area (Å²) in [7, 11) is -1.23. The minimum absolute atomic E-state index is 0.221. The van der Waals surface area contributed by atoms with E-state index in [0.717, 1.165) is 51.4 Å². The van der Waals surface area contributed by atoms with Crippen molar-refractivity contribution >= 4 is 7.92 Å². The lowest BCUT2D eigenvalue weighted by Crippen LogP contribution is -2.20. The van der Waals surface area contributed by atoms with Crippen LogP contribution in [0, 0.1) is 0 Å². The number of hydrogen-bond acceptors (Lipinski definition) is 0. The summed E-state index contributed by atoms with van der Waals surface area (Å²) < 4.78 is 39.3. The van der Waals surface area contributed by atoms with Crippen LogP contribution in [0.25, 0.3) is 0 Å². The molecule has 0 amide bonds. The Morgan fingerprint density at radius 1 is 0.667 bits per heavy atom. The van der Waals surface area contributed by atoms with E-state index in [4.69, 9.17) is 0 Å². The Morgan fingerprint density at radius 3 is 1.39 bits per heavy atom. The average Bonchev–Trinajstić information content (AvgIpc) is 2.41. The minimum atomic E-state index is -2.04. The molecule has 4 heteroatoms. The highest BCUT2D eigenvalue weighted by Gasteiger charge is 2.36. The maximum absolute atomic E-state index is 13.9. The molecule has 0 aliphatic heterocycles. The Labute approximate surface area is 109 Å². The summed E-state index contributed by atoms with van der Waals surface area (Å²) >= 11 is 0. The van der Waals surface area contributed by atoms with Crippen LogP contribution in [-0.2, 0) is 0 Å². The molecule has 0 atom stereocenters. The van der Waals surface area contributed by atoms with Crippen LogP contribution < -0.4 is 0 Å². The molecule has 0 bridgehead atoms. The SMILES string of the molecule is FC(F)=C(F)P(C1CCCCC1)C1CCCCC1. The average molecular weight is 278 g/mol. The molecule has 0 aromatic heterocycles. The van der Waals surface area contributed by atoms with Crippen LogP contribution in [0.2, 0.25) is 0 Å². The first-order chi connectivity index (χ1) is 8.70. The highest BCUT2D eigenvalue weighted by atomic mass is 31.1. The van der Waals surface area contributed by atoms with Gasteiger partial charge in [-0.2, -0.15) is 8.78 Å². The van der Waals surface area contributed by atoms with Gasteiger partial charge in [-0.25, -0.2) is 4.39 Å². The second kappa shape index (κ2) is 6.93. The van der Waals surface area contributed by atoms with Gasteiger partial charge in [-0.05, 0) is 44.9 Å². The van der Waals surface area contributed by atoms with Crippen molar-refractivity contribution in [1.82, 2.24) is 0 Å². The van der Waals surface area contributed by atoms with Crippen LogP contribution in [0.5, 0.6) is 0 Å². The lowest BCUT2D eigenvalue weighted by Gasteiger charge is -2.36. The first-order valence-corrected chi connectivity index (χ1v) is 8.67. The van der Waals surface area contributed by atoms with Gasteiger partial charge in [-0.3, -0.25) is 0 Å². The second-order valence-electron chi connectivity index (χ2n) is 5.54. The summed E-state index contributed by atoms with van der Waals surface area (Å²) in [6, 6.07) is 0. The molecule has 0 radical (unpaired) electrons. The van der Waals surface area contributed by atoms with Crippen LogP contribution in [0.4, 0.5) is 13.2 Å². The maximum Gasteiger partial charge on any atom is 0.305 e. The van der Waals surface area contributed by atoms with E-state index < -0.39 is 19.6 Å². The molecule has 0 spiro atoms. The highest BCUT2D eigenvalue weighted by molar-refractivity contribution is 7.63. The van der Waals surface area contributed by atoms with Gasteiger partial charge in [-0.15, -0.1) is 0 Å². The molecule has 0 aromatic rings. The zero-order chi connectivity index (χ0) is 13.0. The first kappa shape index (κ1) is 14.4. The van der Waals surface area contributed by atoms with Gasteiger partial charge < -0.3 is 0 Å². The van der Waals surface area contributed by atoms with Crippen LogP contribution in [0.3, 0.4) is 0 Å². The van der Waals surface area contributed by atoms with Gasteiger partial charge in [0.2, 0.25) is 0 Å². The van der Waals surface area contributed by atoms with Crippen LogP contribution in [0.1, 0.15) is 64.2 Å². The lowest BCUT2D eigenvalue weighted by atomic mass is 9.99. The van der Waals surface area contributed by atoms with Crippen molar-refractivity contribution in [3.63, 3.8) is 0 Å². The fourth-order valence-electron chi connectivity index (χ4n) is 3.43. The zero-order valence-electron chi connectivity index (χ0n) is 10.8. The molecule has 18 heavy (non-hydrogen) atoms. The Hall–Kier alpha value is -0.0400. The molecule has 0 N–H and O–H groups in total. The molecule has 2 saturated carbocycles. The van der Waals surface area contributed by atoms with Gasteiger partial charge in [0.25, 0.3) is 0 Å². The van der Waals surface area contributed by atoms with E-state index in [9.17, 15) is 13.2 Å². The molecule has 0 nitrogen and oxygen atoms in total. The van der Waals surface area contributed by atoms with Gasteiger partial charge in [0.15, 0.2) is 5.57 Å². The van der Waals surface area contributed by atoms with E-state index in [0.29, 0.717) is 0 Å². The smallest absolute Gasteiger partial charge is 0.201 e. The molecule has 2 rings (SSSR count). The summed E-state index contributed by atoms with van der Waals surface area (Å²) in [5.74, 6) is 0. The first-order valence-electron chi connectivity index (χ1n) is 7.19. The normalized spacial score (nSPS) is 23.3. The van der Waals surface area contributed by atoms with E-state index in [1.165, 1.54) is 12.8 Å². The Balaban J connectivity index is 2.13. The third-order valence-corrected chi connectivity index (χ3v) is 7.55. The summed E-state index contributed by atoms with van der Waals surface area (Å²) in [5, 5.41) is 0.